The van der Waals surface area contributed by atoms with Gasteiger partial charge in [-0.2, -0.15) is 4.31 Å². The summed E-state index contributed by atoms with van der Waals surface area (Å²) in [6.07, 6.45) is 3.88. The van der Waals surface area contributed by atoms with Crippen LogP contribution in [0.25, 0.3) is 0 Å². The summed E-state index contributed by atoms with van der Waals surface area (Å²) < 4.78 is 31.2. The molecule has 0 saturated carbocycles. The molecule has 1 aromatic rings. The Morgan fingerprint density at radius 1 is 1.38 bits per heavy atom. The SMILES string of the molecule is CCCCCNC(=O)C1CCCN1S(=O)(=O)c1ccc(C(=O)O)o1. The van der Waals surface area contributed by atoms with Crippen LogP contribution in [-0.2, 0) is 14.8 Å². The molecule has 134 valence electrons. The van der Waals surface area contributed by atoms with Gasteiger partial charge in [-0.3, -0.25) is 4.79 Å². The van der Waals surface area contributed by atoms with Gasteiger partial charge in [0.1, 0.15) is 6.04 Å². The Morgan fingerprint density at radius 2 is 2.12 bits per heavy atom. The average Bonchev–Trinajstić information content (AvgIpc) is 3.20. The van der Waals surface area contributed by atoms with Gasteiger partial charge < -0.3 is 14.8 Å². The van der Waals surface area contributed by atoms with E-state index in [0.717, 1.165) is 35.7 Å². The zero-order valence-electron chi connectivity index (χ0n) is 13.5. The number of carboxylic acid groups (broad SMARTS) is 1. The van der Waals surface area contributed by atoms with Crippen molar-refractivity contribution in [3.05, 3.63) is 17.9 Å². The molecule has 0 spiro atoms. The zero-order valence-corrected chi connectivity index (χ0v) is 14.3. The molecule has 1 aliphatic heterocycles. The maximum absolute atomic E-state index is 12.6. The molecule has 0 radical (unpaired) electrons. The van der Waals surface area contributed by atoms with Gasteiger partial charge in [-0.25, -0.2) is 13.2 Å². The summed E-state index contributed by atoms with van der Waals surface area (Å²) >= 11 is 0. The summed E-state index contributed by atoms with van der Waals surface area (Å²) in [7, 11) is -4.04. The van der Waals surface area contributed by atoms with Crippen LogP contribution in [0.15, 0.2) is 21.6 Å². The minimum absolute atomic E-state index is 0.207. The number of nitrogens with one attached hydrogen (secondary N) is 1. The summed E-state index contributed by atoms with van der Waals surface area (Å²) in [6, 6.07) is 1.41. The molecular formula is C15H22N2O6S. The van der Waals surface area contributed by atoms with Crippen molar-refractivity contribution < 1.29 is 27.5 Å². The van der Waals surface area contributed by atoms with Crippen LogP contribution in [0.3, 0.4) is 0 Å². The van der Waals surface area contributed by atoms with Gasteiger partial charge in [0.15, 0.2) is 0 Å². The molecule has 2 rings (SSSR count). The number of amides is 1. The van der Waals surface area contributed by atoms with Crippen LogP contribution in [0.4, 0.5) is 0 Å². The smallest absolute Gasteiger partial charge is 0.371 e. The van der Waals surface area contributed by atoms with Crippen molar-refractivity contribution in [2.75, 3.05) is 13.1 Å². The zero-order chi connectivity index (χ0) is 17.7. The second-order valence-corrected chi connectivity index (χ2v) is 7.52. The Hall–Kier alpha value is -1.87. The summed E-state index contributed by atoms with van der Waals surface area (Å²) in [5.41, 5.74) is 0. The van der Waals surface area contributed by atoms with Crippen molar-refractivity contribution >= 4 is 21.9 Å². The predicted octanol–water partition coefficient (Wildman–Crippen LogP) is 1.44. The van der Waals surface area contributed by atoms with Crippen molar-refractivity contribution in [1.29, 1.82) is 0 Å². The van der Waals surface area contributed by atoms with Crippen LogP contribution in [0, 0.1) is 0 Å². The Labute approximate surface area is 140 Å². The van der Waals surface area contributed by atoms with Gasteiger partial charge in [-0.15, -0.1) is 0 Å². The number of nitrogens with zero attached hydrogens (tertiary/aromatic N) is 1. The highest BCUT2D eigenvalue weighted by Gasteiger charge is 2.41. The molecule has 2 N–H and O–H groups in total. The predicted molar refractivity (Wildman–Crippen MR) is 85.1 cm³/mol. The number of carboxylic acids is 1. The van der Waals surface area contributed by atoms with Crippen LogP contribution in [0.1, 0.15) is 49.6 Å². The largest absolute Gasteiger partial charge is 0.475 e. The van der Waals surface area contributed by atoms with Crippen LogP contribution < -0.4 is 5.32 Å². The number of rotatable bonds is 8. The van der Waals surface area contributed by atoms with E-state index in [4.69, 9.17) is 9.52 Å². The first-order valence-electron chi connectivity index (χ1n) is 8.00. The number of carbonyl (C=O) groups is 2. The van der Waals surface area contributed by atoms with Crippen LogP contribution >= 0.6 is 0 Å². The van der Waals surface area contributed by atoms with E-state index in [-0.39, 0.29) is 12.5 Å². The van der Waals surface area contributed by atoms with Crippen LogP contribution in [0.5, 0.6) is 0 Å². The molecule has 1 unspecified atom stereocenters. The van der Waals surface area contributed by atoms with Crippen LogP contribution in [0.2, 0.25) is 0 Å². The minimum Gasteiger partial charge on any atom is -0.475 e. The standard InChI is InChI=1S/C15H22N2O6S/c1-2-3-4-9-16-14(18)11-6-5-10-17(11)24(21,22)13-8-7-12(23-13)15(19)20/h7-8,11H,2-6,9-10H2,1H3,(H,16,18)(H,19,20). The summed E-state index contributed by atoms with van der Waals surface area (Å²) in [5.74, 6) is -2.12. The van der Waals surface area contributed by atoms with Gasteiger partial charge in [0.2, 0.25) is 16.8 Å². The van der Waals surface area contributed by atoms with E-state index in [1.807, 2.05) is 0 Å². The lowest BCUT2D eigenvalue weighted by Gasteiger charge is -2.22. The van der Waals surface area contributed by atoms with Gasteiger partial charge >= 0.3 is 5.97 Å². The highest BCUT2D eigenvalue weighted by molar-refractivity contribution is 7.89. The number of hydrogen-bond acceptors (Lipinski definition) is 5. The quantitative estimate of drug-likeness (QED) is 0.679. The maximum atomic E-state index is 12.6. The normalized spacial score (nSPS) is 18.6. The van der Waals surface area contributed by atoms with Crippen molar-refractivity contribution in [3.63, 3.8) is 0 Å². The third kappa shape index (κ3) is 3.96. The van der Waals surface area contributed by atoms with E-state index >= 15 is 0 Å². The van der Waals surface area contributed by atoms with E-state index < -0.39 is 32.9 Å². The van der Waals surface area contributed by atoms with E-state index in [1.54, 1.807) is 0 Å². The molecule has 1 amide bonds. The number of furan rings is 1. The molecule has 2 heterocycles. The summed E-state index contributed by atoms with van der Waals surface area (Å²) in [5, 5.41) is 11.2. The number of hydrogen-bond donors (Lipinski definition) is 2. The second kappa shape index (κ2) is 7.80. The lowest BCUT2D eigenvalue weighted by atomic mass is 10.2. The molecule has 1 saturated heterocycles. The number of aromatic carboxylic acids is 1. The third-order valence-corrected chi connectivity index (χ3v) is 5.72. The molecule has 0 aliphatic carbocycles. The minimum atomic E-state index is -4.04. The van der Waals surface area contributed by atoms with E-state index in [1.165, 1.54) is 0 Å². The van der Waals surface area contributed by atoms with Crippen molar-refractivity contribution in [2.45, 2.75) is 50.2 Å². The molecule has 8 nitrogen and oxygen atoms in total. The fourth-order valence-electron chi connectivity index (χ4n) is 2.68. The van der Waals surface area contributed by atoms with Crippen molar-refractivity contribution in [3.8, 4) is 0 Å². The van der Waals surface area contributed by atoms with Crippen molar-refractivity contribution in [2.24, 2.45) is 0 Å². The Balaban J connectivity index is 2.10. The van der Waals surface area contributed by atoms with Gasteiger partial charge in [0.25, 0.3) is 10.0 Å². The maximum Gasteiger partial charge on any atom is 0.371 e. The molecule has 1 aliphatic rings. The Kier molecular flexibility index (Phi) is 6.00. The molecule has 9 heteroatoms. The highest BCUT2D eigenvalue weighted by Crippen LogP contribution is 2.27. The first kappa shape index (κ1) is 18.5. The van der Waals surface area contributed by atoms with Crippen molar-refractivity contribution in [1.82, 2.24) is 9.62 Å². The van der Waals surface area contributed by atoms with Gasteiger partial charge in [0.05, 0.1) is 0 Å². The molecule has 0 aromatic carbocycles. The molecule has 0 bridgehead atoms. The Bertz CT molecular complexity index is 697. The molecule has 24 heavy (non-hydrogen) atoms. The first-order valence-corrected chi connectivity index (χ1v) is 9.44. The monoisotopic (exact) mass is 358 g/mol. The fourth-order valence-corrected chi connectivity index (χ4v) is 4.26. The van der Waals surface area contributed by atoms with Crippen LogP contribution in [-0.4, -0.2) is 48.8 Å². The lowest BCUT2D eigenvalue weighted by molar-refractivity contribution is -0.124. The number of sulfonamides is 1. The van der Waals surface area contributed by atoms with E-state index in [2.05, 4.69) is 12.2 Å². The molecule has 1 fully saturated rings. The Morgan fingerprint density at radius 3 is 2.75 bits per heavy atom. The van der Waals surface area contributed by atoms with E-state index in [0.29, 0.717) is 19.4 Å². The summed E-state index contributed by atoms with van der Waals surface area (Å²) in [4.78, 5) is 23.1. The van der Waals surface area contributed by atoms with Gasteiger partial charge in [-0.1, -0.05) is 19.8 Å². The second-order valence-electron chi connectivity index (χ2n) is 5.70. The van der Waals surface area contributed by atoms with E-state index in [9.17, 15) is 18.0 Å². The lowest BCUT2D eigenvalue weighted by Crippen LogP contribution is -2.46. The molecule has 1 atom stereocenters. The first-order chi connectivity index (χ1) is 11.4. The van der Waals surface area contributed by atoms with Gasteiger partial charge in [0, 0.05) is 13.1 Å². The molecular weight excluding hydrogens is 336 g/mol. The topological polar surface area (TPSA) is 117 Å². The average molecular weight is 358 g/mol. The van der Waals surface area contributed by atoms with Gasteiger partial charge in [-0.05, 0) is 31.4 Å². The third-order valence-electron chi connectivity index (χ3n) is 3.94. The molecule has 1 aromatic heterocycles. The fraction of sp³-hybridized carbons (Fsp3) is 0.600. The number of carbonyl (C=O) groups excluding carboxylic acids is 1. The highest BCUT2D eigenvalue weighted by atomic mass is 32.2. The number of unbranched alkanes of at least 4 members (excludes halogenated alkanes) is 2. The summed E-state index contributed by atoms with van der Waals surface area (Å²) in [6.45, 7) is 2.78.